The van der Waals surface area contributed by atoms with E-state index in [1.807, 2.05) is 27.2 Å². The van der Waals surface area contributed by atoms with Gasteiger partial charge in [-0.25, -0.2) is 0 Å². The van der Waals surface area contributed by atoms with Crippen LogP contribution in [0, 0.1) is 0 Å². The molecule has 0 spiro atoms. The van der Waals surface area contributed by atoms with E-state index in [1.54, 1.807) is 6.08 Å². The maximum Gasteiger partial charge on any atom is 0.268 e. The Balaban J connectivity index is 4.25. The molecule has 3 atom stereocenters. The molecule has 9 heteroatoms. The number of nitrogens with zero attached hydrogens (tertiary/aromatic N) is 1. The van der Waals surface area contributed by atoms with Crippen LogP contribution in [-0.2, 0) is 18.4 Å². The summed E-state index contributed by atoms with van der Waals surface area (Å²) in [6.07, 6.45) is 59.7. The van der Waals surface area contributed by atoms with Crippen LogP contribution in [0.1, 0.15) is 277 Å². The Morgan fingerprint density at radius 1 is 0.523 bits per heavy atom. The van der Waals surface area contributed by atoms with Crippen molar-refractivity contribution >= 4 is 13.7 Å². The maximum absolute atomic E-state index is 12.9. The lowest BCUT2D eigenvalue weighted by Gasteiger charge is -2.29. The first-order valence-corrected chi connectivity index (χ1v) is 29.7. The molecule has 0 fully saturated rings. The molecule has 0 saturated heterocycles. The quantitative estimate of drug-likeness (QED) is 0.0272. The predicted octanol–water partition coefficient (Wildman–Crippen LogP) is 16.2. The predicted molar refractivity (Wildman–Crippen MR) is 279 cm³/mol. The monoisotopic (exact) mass is 939 g/mol. The zero-order chi connectivity index (χ0) is 47.8. The van der Waals surface area contributed by atoms with Crippen LogP contribution in [0.2, 0.25) is 0 Å². The molecule has 0 aliphatic carbocycles. The van der Waals surface area contributed by atoms with Gasteiger partial charge in [-0.15, -0.1) is 0 Å². The molecule has 1 amide bonds. The average molecular weight is 939 g/mol. The highest BCUT2D eigenvalue weighted by Gasteiger charge is 2.23. The minimum atomic E-state index is -4.60. The third-order valence-corrected chi connectivity index (χ3v) is 13.9. The number of phosphoric ester groups is 1. The fraction of sp³-hybridized carbons (Fsp3) is 0.911. The van der Waals surface area contributed by atoms with Crippen molar-refractivity contribution in [2.24, 2.45) is 0 Å². The van der Waals surface area contributed by atoms with Gasteiger partial charge in [-0.3, -0.25) is 9.36 Å². The number of unbranched alkanes of at least 4 members (excludes halogenated alkanes) is 37. The van der Waals surface area contributed by atoms with Gasteiger partial charge in [0.1, 0.15) is 13.2 Å². The lowest BCUT2D eigenvalue weighted by Crippen LogP contribution is -2.45. The molecule has 0 aliphatic rings. The number of rotatable bonds is 52. The van der Waals surface area contributed by atoms with E-state index in [0.717, 1.165) is 38.5 Å². The second-order valence-corrected chi connectivity index (χ2v) is 22.1. The molecule has 0 aromatic carbocycles. The van der Waals surface area contributed by atoms with Crippen LogP contribution in [0.25, 0.3) is 0 Å². The van der Waals surface area contributed by atoms with Crippen LogP contribution in [0.4, 0.5) is 0 Å². The third-order valence-electron chi connectivity index (χ3n) is 12.9. The molecule has 0 aromatic heterocycles. The average Bonchev–Trinajstić information content (AvgIpc) is 3.26. The first-order valence-electron chi connectivity index (χ1n) is 28.2. The van der Waals surface area contributed by atoms with E-state index in [0.29, 0.717) is 17.4 Å². The molecular weight excluding hydrogens is 828 g/mol. The normalized spacial score (nSPS) is 14.1. The van der Waals surface area contributed by atoms with Gasteiger partial charge in [-0.2, -0.15) is 0 Å². The first kappa shape index (κ1) is 64.0. The molecule has 8 nitrogen and oxygen atoms in total. The van der Waals surface area contributed by atoms with Crippen molar-refractivity contribution in [3.63, 3.8) is 0 Å². The summed E-state index contributed by atoms with van der Waals surface area (Å²) in [6, 6.07) is -0.900. The smallest absolute Gasteiger partial charge is 0.268 e. The van der Waals surface area contributed by atoms with Crippen molar-refractivity contribution in [3.8, 4) is 0 Å². The fourth-order valence-electron chi connectivity index (χ4n) is 8.47. The van der Waals surface area contributed by atoms with E-state index in [-0.39, 0.29) is 19.1 Å². The summed E-state index contributed by atoms with van der Waals surface area (Å²) >= 11 is 0. The first-order chi connectivity index (χ1) is 31.5. The summed E-state index contributed by atoms with van der Waals surface area (Å²) in [5.41, 5.74) is 0. The van der Waals surface area contributed by atoms with Gasteiger partial charge in [-0.1, -0.05) is 263 Å². The number of likely N-dealkylation sites (N-methyl/N-ethyl adjacent to an activating group) is 1. The number of hydrogen-bond donors (Lipinski definition) is 2. The van der Waals surface area contributed by atoms with Crippen molar-refractivity contribution in [1.82, 2.24) is 5.32 Å². The van der Waals surface area contributed by atoms with Crippen LogP contribution in [0.3, 0.4) is 0 Å². The number of carbonyl (C=O) groups excluding carboxylic acids is 1. The minimum Gasteiger partial charge on any atom is -0.756 e. The zero-order valence-corrected chi connectivity index (χ0v) is 44.9. The maximum atomic E-state index is 12.9. The van der Waals surface area contributed by atoms with Gasteiger partial charge in [0, 0.05) is 6.42 Å². The van der Waals surface area contributed by atoms with Crippen molar-refractivity contribution in [3.05, 3.63) is 24.3 Å². The highest BCUT2D eigenvalue weighted by molar-refractivity contribution is 7.45. The number of amides is 1. The standard InChI is InChI=1S/C56H111N2O6P/c1-6-8-10-12-14-16-18-20-22-24-26-28-30-32-34-36-38-40-42-44-46-48-50-56(60)57-54(53-64-65(61,62)63-52-51-58(3,4)5)55(59)49-47-45-43-41-39-37-35-33-31-29-27-25-23-21-19-17-15-13-11-9-7-2/h39,41,47,49,54-55,59H,6-38,40,42-46,48,50-53H2,1-5H3,(H-,57,60,61,62)/b41-39+,49-47+. The number of aliphatic hydroxyl groups excluding tert-OH is 1. The second kappa shape index (κ2) is 48.0. The van der Waals surface area contributed by atoms with E-state index in [2.05, 4.69) is 31.3 Å². The van der Waals surface area contributed by atoms with Crippen molar-refractivity contribution in [2.45, 2.75) is 289 Å². The van der Waals surface area contributed by atoms with E-state index in [4.69, 9.17) is 9.05 Å². The number of phosphoric acid groups is 1. The van der Waals surface area contributed by atoms with E-state index in [1.165, 1.54) is 218 Å². The molecule has 386 valence electrons. The number of hydrogen-bond acceptors (Lipinski definition) is 6. The van der Waals surface area contributed by atoms with Crippen LogP contribution in [0.5, 0.6) is 0 Å². The van der Waals surface area contributed by atoms with Crippen molar-refractivity contribution in [2.75, 3.05) is 40.9 Å². The zero-order valence-electron chi connectivity index (χ0n) is 44.0. The Morgan fingerprint density at radius 2 is 0.862 bits per heavy atom. The Bertz CT molecular complexity index is 1110. The molecule has 3 unspecified atom stereocenters. The van der Waals surface area contributed by atoms with Crippen LogP contribution < -0.4 is 10.2 Å². The van der Waals surface area contributed by atoms with Gasteiger partial charge in [0.25, 0.3) is 7.82 Å². The van der Waals surface area contributed by atoms with Crippen molar-refractivity contribution < 1.29 is 32.9 Å². The fourth-order valence-corrected chi connectivity index (χ4v) is 9.19. The largest absolute Gasteiger partial charge is 0.756 e. The molecule has 0 radical (unpaired) electrons. The van der Waals surface area contributed by atoms with Crippen LogP contribution in [0.15, 0.2) is 24.3 Å². The van der Waals surface area contributed by atoms with Crippen LogP contribution in [-0.4, -0.2) is 68.5 Å². The Labute approximate surface area is 404 Å². The molecule has 0 saturated carbocycles. The molecule has 0 aliphatic heterocycles. The van der Waals surface area contributed by atoms with Gasteiger partial charge in [0.15, 0.2) is 0 Å². The SMILES string of the molecule is CCCCCCCCCCCCCCCCC/C=C/CC/C=C/C(O)C(COP(=O)([O-])OCC[N+](C)(C)C)NC(=O)CCCCCCCCCCCCCCCCCCCCCCCC. The van der Waals surface area contributed by atoms with Crippen molar-refractivity contribution in [1.29, 1.82) is 0 Å². The Morgan fingerprint density at radius 3 is 1.25 bits per heavy atom. The number of allylic oxidation sites excluding steroid dienone is 3. The third kappa shape index (κ3) is 50.7. The highest BCUT2D eigenvalue weighted by atomic mass is 31.2. The van der Waals surface area contributed by atoms with Gasteiger partial charge in [0.2, 0.25) is 5.91 Å². The molecule has 0 heterocycles. The lowest BCUT2D eigenvalue weighted by molar-refractivity contribution is -0.870. The topological polar surface area (TPSA) is 108 Å². The van der Waals surface area contributed by atoms with Crippen LogP contribution >= 0.6 is 7.82 Å². The number of quaternary nitrogens is 1. The van der Waals surface area contributed by atoms with Gasteiger partial charge in [-0.05, 0) is 32.1 Å². The summed E-state index contributed by atoms with van der Waals surface area (Å²) in [5.74, 6) is -0.201. The summed E-state index contributed by atoms with van der Waals surface area (Å²) in [4.78, 5) is 25.5. The molecule has 65 heavy (non-hydrogen) atoms. The number of nitrogens with one attached hydrogen (secondary N) is 1. The summed E-state index contributed by atoms with van der Waals surface area (Å²) in [5, 5.41) is 13.9. The number of aliphatic hydroxyl groups is 1. The highest BCUT2D eigenvalue weighted by Crippen LogP contribution is 2.38. The molecule has 0 bridgehead atoms. The minimum absolute atomic E-state index is 0.00374. The van der Waals surface area contributed by atoms with Gasteiger partial charge in [0.05, 0.1) is 39.9 Å². The number of carbonyl (C=O) groups is 1. The summed E-state index contributed by atoms with van der Waals surface area (Å²) in [6.45, 7) is 4.67. The Hall–Kier alpha value is -1.02. The molecule has 0 aromatic rings. The van der Waals surface area contributed by atoms with Gasteiger partial charge < -0.3 is 28.8 Å². The lowest BCUT2D eigenvalue weighted by atomic mass is 10.0. The van der Waals surface area contributed by atoms with Gasteiger partial charge >= 0.3 is 0 Å². The second-order valence-electron chi connectivity index (χ2n) is 20.6. The van der Waals surface area contributed by atoms with E-state index in [9.17, 15) is 19.4 Å². The van der Waals surface area contributed by atoms with E-state index >= 15 is 0 Å². The Kier molecular flexibility index (Phi) is 47.3. The summed E-state index contributed by atoms with van der Waals surface area (Å²) < 4.78 is 23.3. The molecule has 0 rings (SSSR count). The van der Waals surface area contributed by atoms with E-state index < -0.39 is 20.0 Å². The molecule has 2 N–H and O–H groups in total. The molecular formula is C56H111N2O6P. The summed E-state index contributed by atoms with van der Waals surface area (Å²) in [7, 11) is 1.26.